The second-order valence-electron chi connectivity index (χ2n) is 6.61. The Kier molecular flexibility index (Phi) is 5.61. The normalized spacial score (nSPS) is 10.6. The van der Waals surface area contributed by atoms with Crippen molar-refractivity contribution in [1.82, 2.24) is 14.3 Å². The minimum absolute atomic E-state index is 0.289. The molecule has 1 N–H and O–H groups in total. The first-order valence-electron chi connectivity index (χ1n) is 9.62. The number of hydrogen-bond acceptors (Lipinski definition) is 4. The second kappa shape index (κ2) is 8.66. The van der Waals surface area contributed by atoms with Crippen LogP contribution in [-0.4, -0.2) is 32.8 Å². The van der Waals surface area contributed by atoms with Gasteiger partial charge in [0.2, 0.25) is 0 Å². The third kappa shape index (κ3) is 4.23. The number of carbonyl (C=O) groups is 2. The fourth-order valence-electron chi connectivity index (χ4n) is 3.10. The Hall–Kier alpha value is -4.20. The average Bonchev–Trinajstić information content (AvgIpc) is 3.45. The fourth-order valence-corrected chi connectivity index (χ4v) is 3.10. The van der Waals surface area contributed by atoms with E-state index >= 15 is 0 Å². The summed E-state index contributed by atoms with van der Waals surface area (Å²) in [6.45, 7) is 2.03. The molecule has 1 amide bonds. The Morgan fingerprint density at radius 2 is 1.71 bits per heavy atom. The van der Waals surface area contributed by atoms with Gasteiger partial charge >= 0.3 is 5.97 Å². The van der Waals surface area contributed by atoms with E-state index in [2.05, 4.69) is 10.4 Å². The molecule has 4 rings (SSSR count). The molecule has 8 heteroatoms. The molecular formula is C23H19FN4O3. The SMILES string of the molecule is CCOC(=O)c1ccc(NC(=O)c2cnn(-c3ccc(F)cc3)c2-n2cccc2)cc1. The van der Waals surface area contributed by atoms with Crippen molar-refractivity contribution in [3.05, 3.63) is 96.2 Å². The van der Waals surface area contributed by atoms with Crippen molar-refractivity contribution in [1.29, 1.82) is 0 Å². The number of halogens is 1. The molecule has 31 heavy (non-hydrogen) atoms. The second-order valence-corrected chi connectivity index (χ2v) is 6.61. The zero-order valence-corrected chi connectivity index (χ0v) is 16.7. The monoisotopic (exact) mass is 418 g/mol. The van der Waals surface area contributed by atoms with Gasteiger partial charge in [0.15, 0.2) is 5.82 Å². The number of amides is 1. The van der Waals surface area contributed by atoms with Gasteiger partial charge in [-0.15, -0.1) is 0 Å². The molecule has 4 aromatic rings. The summed E-state index contributed by atoms with van der Waals surface area (Å²) in [6.07, 6.45) is 5.05. The summed E-state index contributed by atoms with van der Waals surface area (Å²) >= 11 is 0. The highest BCUT2D eigenvalue weighted by Gasteiger charge is 2.20. The molecule has 0 atom stereocenters. The van der Waals surface area contributed by atoms with Gasteiger partial charge in [0, 0.05) is 18.1 Å². The highest BCUT2D eigenvalue weighted by atomic mass is 19.1. The molecule has 0 fully saturated rings. The van der Waals surface area contributed by atoms with Crippen LogP contribution in [-0.2, 0) is 4.74 Å². The Labute approximate surface area is 177 Å². The molecule has 0 unspecified atom stereocenters. The smallest absolute Gasteiger partial charge is 0.338 e. The van der Waals surface area contributed by atoms with Gasteiger partial charge in [-0.2, -0.15) is 5.10 Å². The van der Waals surface area contributed by atoms with Crippen LogP contribution in [0.5, 0.6) is 0 Å². The van der Waals surface area contributed by atoms with Crippen LogP contribution in [0.15, 0.2) is 79.3 Å². The van der Waals surface area contributed by atoms with Crippen molar-refractivity contribution >= 4 is 17.6 Å². The highest BCUT2D eigenvalue weighted by Crippen LogP contribution is 2.21. The number of benzene rings is 2. The van der Waals surface area contributed by atoms with Crippen LogP contribution in [0.1, 0.15) is 27.6 Å². The summed E-state index contributed by atoms with van der Waals surface area (Å²) < 4.78 is 21.6. The van der Waals surface area contributed by atoms with Crippen molar-refractivity contribution in [2.24, 2.45) is 0 Å². The van der Waals surface area contributed by atoms with Gasteiger partial charge in [-0.3, -0.25) is 4.79 Å². The minimum atomic E-state index is -0.421. The highest BCUT2D eigenvalue weighted by molar-refractivity contribution is 6.06. The standard InChI is InChI=1S/C23H19FN4O3/c1-2-31-23(30)16-5-9-18(10-6-16)26-21(29)20-15-25-28(19-11-7-17(24)8-12-19)22(20)27-13-3-4-14-27/h3-15H,2H2,1H3,(H,26,29). The first-order valence-corrected chi connectivity index (χ1v) is 9.62. The van der Waals surface area contributed by atoms with Crippen LogP contribution >= 0.6 is 0 Å². The van der Waals surface area contributed by atoms with Crippen LogP contribution < -0.4 is 5.32 Å². The summed E-state index contributed by atoms with van der Waals surface area (Å²) in [4.78, 5) is 24.8. The number of carbonyl (C=O) groups excluding carboxylic acids is 2. The van der Waals surface area contributed by atoms with Crippen molar-refractivity contribution < 1.29 is 18.7 Å². The number of nitrogens with zero attached hydrogens (tertiary/aromatic N) is 3. The first-order chi connectivity index (χ1) is 15.1. The Morgan fingerprint density at radius 3 is 2.35 bits per heavy atom. The topological polar surface area (TPSA) is 78.2 Å². The van der Waals surface area contributed by atoms with Gasteiger partial charge in [-0.25, -0.2) is 13.9 Å². The van der Waals surface area contributed by atoms with Crippen LogP contribution in [0.2, 0.25) is 0 Å². The van der Waals surface area contributed by atoms with E-state index in [0.29, 0.717) is 28.3 Å². The third-order valence-electron chi connectivity index (χ3n) is 4.56. The molecule has 0 saturated heterocycles. The zero-order valence-electron chi connectivity index (χ0n) is 16.7. The van der Waals surface area contributed by atoms with E-state index in [-0.39, 0.29) is 18.3 Å². The Bertz CT molecular complexity index is 1200. The lowest BCUT2D eigenvalue weighted by atomic mass is 10.2. The van der Waals surface area contributed by atoms with Gasteiger partial charge in [0.25, 0.3) is 5.91 Å². The molecule has 7 nitrogen and oxygen atoms in total. The van der Waals surface area contributed by atoms with Crippen LogP contribution in [0.3, 0.4) is 0 Å². The minimum Gasteiger partial charge on any atom is -0.462 e. The van der Waals surface area contributed by atoms with Crippen LogP contribution in [0.25, 0.3) is 11.5 Å². The average molecular weight is 418 g/mol. The summed E-state index contributed by atoms with van der Waals surface area (Å²) in [5.41, 5.74) is 1.86. The predicted octanol–water partition coefficient (Wildman–Crippen LogP) is 4.23. The predicted molar refractivity (Wildman–Crippen MR) is 113 cm³/mol. The van der Waals surface area contributed by atoms with E-state index in [1.54, 1.807) is 65.0 Å². The molecule has 0 saturated carbocycles. The van der Waals surface area contributed by atoms with E-state index in [1.165, 1.54) is 18.3 Å². The van der Waals surface area contributed by atoms with Gasteiger partial charge < -0.3 is 14.6 Å². The van der Waals surface area contributed by atoms with E-state index in [4.69, 9.17) is 4.74 Å². The fraction of sp³-hybridized carbons (Fsp3) is 0.0870. The molecule has 2 aromatic carbocycles. The van der Waals surface area contributed by atoms with E-state index in [9.17, 15) is 14.0 Å². The maximum Gasteiger partial charge on any atom is 0.338 e. The lowest BCUT2D eigenvalue weighted by molar-refractivity contribution is 0.0526. The molecule has 0 aliphatic heterocycles. The number of rotatable bonds is 6. The van der Waals surface area contributed by atoms with Gasteiger partial charge in [-0.05, 0) is 67.6 Å². The molecule has 0 bridgehead atoms. The van der Waals surface area contributed by atoms with Gasteiger partial charge in [-0.1, -0.05) is 0 Å². The number of esters is 1. The molecule has 2 aromatic heterocycles. The van der Waals surface area contributed by atoms with E-state index < -0.39 is 5.97 Å². The largest absolute Gasteiger partial charge is 0.462 e. The molecule has 156 valence electrons. The number of aromatic nitrogens is 3. The first kappa shape index (κ1) is 20.1. The van der Waals surface area contributed by atoms with E-state index in [1.807, 2.05) is 12.1 Å². The van der Waals surface area contributed by atoms with E-state index in [0.717, 1.165) is 0 Å². The lowest BCUT2D eigenvalue weighted by Gasteiger charge is -2.11. The number of hydrogen-bond donors (Lipinski definition) is 1. The van der Waals surface area contributed by atoms with Crippen LogP contribution in [0, 0.1) is 5.82 Å². The van der Waals surface area contributed by atoms with Crippen molar-refractivity contribution in [2.45, 2.75) is 6.92 Å². The number of anilines is 1. The van der Waals surface area contributed by atoms with Crippen molar-refractivity contribution in [3.63, 3.8) is 0 Å². The lowest BCUT2D eigenvalue weighted by Crippen LogP contribution is -2.15. The molecule has 0 radical (unpaired) electrons. The van der Waals surface area contributed by atoms with Crippen molar-refractivity contribution in [2.75, 3.05) is 11.9 Å². The molecular weight excluding hydrogens is 399 g/mol. The molecule has 0 aliphatic rings. The maximum atomic E-state index is 13.3. The molecule has 2 heterocycles. The number of ether oxygens (including phenoxy) is 1. The zero-order chi connectivity index (χ0) is 21.8. The summed E-state index contributed by atoms with van der Waals surface area (Å²) in [5, 5.41) is 7.16. The molecule has 0 spiro atoms. The maximum absolute atomic E-state index is 13.3. The Morgan fingerprint density at radius 1 is 1.03 bits per heavy atom. The Balaban J connectivity index is 1.64. The summed E-state index contributed by atoms with van der Waals surface area (Å²) in [5.74, 6) is -0.642. The van der Waals surface area contributed by atoms with Crippen LogP contribution in [0.4, 0.5) is 10.1 Å². The number of nitrogens with one attached hydrogen (secondary N) is 1. The van der Waals surface area contributed by atoms with Crippen molar-refractivity contribution in [3.8, 4) is 11.5 Å². The van der Waals surface area contributed by atoms with Gasteiger partial charge in [0.1, 0.15) is 11.4 Å². The third-order valence-corrected chi connectivity index (χ3v) is 4.56. The summed E-state index contributed by atoms with van der Waals surface area (Å²) in [7, 11) is 0. The van der Waals surface area contributed by atoms with Gasteiger partial charge in [0.05, 0.1) is 24.1 Å². The molecule has 0 aliphatic carbocycles. The quantitative estimate of drug-likeness (QED) is 0.476. The summed E-state index contributed by atoms with van der Waals surface area (Å²) in [6, 6.07) is 15.9.